The quantitative estimate of drug-likeness (QED) is 0.894. The Bertz CT molecular complexity index is 743. The molecule has 26 heavy (non-hydrogen) atoms. The van der Waals surface area contributed by atoms with Crippen molar-refractivity contribution in [2.45, 2.75) is 19.9 Å². The molecule has 0 aliphatic carbocycles. The summed E-state index contributed by atoms with van der Waals surface area (Å²) in [5.74, 6) is 1.66. The van der Waals surface area contributed by atoms with Crippen LogP contribution < -0.4 is 15.0 Å². The summed E-state index contributed by atoms with van der Waals surface area (Å²) in [5, 5.41) is 3.01. The highest BCUT2D eigenvalue weighted by molar-refractivity contribution is 5.96. The van der Waals surface area contributed by atoms with E-state index in [0.29, 0.717) is 5.75 Å². The fourth-order valence-electron chi connectivity index (χ4n) is 3.20. The van der Waals surface area contributed by atoms with E-state index in [1.165, 1.54) is 0 Å². The van der Waals surface area contributed by atoms with Crippen molar-refractivity contribution in [1.29, 1.82) is 0 Å². The Morgan fingerprint density at radius 2 is 1.96 bits per heavy atom. The number of carbonyl (C=O) groups excluding carboxylic acids is 1. The molecule has 1 aromatic carbocycles. The Kier molecular flexibility index (Phi) is 5.73. The lowest BCUT2D eigenvalue weighted by Gasteiger charge is -2.38. The summed E-state index contributed by atoms with van der Waals surface area (Å²) >= 11 is 0. The first kappa shape index (κ1) is 18.2. The van der Waals surface area contributed by atoms with Gasteiger partial charge < -0.3 is 15.0 Å². The van der Waals surface area contributed by atoms with Crippen LogP contribution in [0.5, 0.6) is 5.75 Å². The van der Waals surface area contributed by atoms with E-state index in [9.17, 15) is 4.79 Å². The number of carbonyl (C=O) groups is 1. The third kappa shape index (κ3) is 4.14. The molecular formula is C20H26N4O2. The highest BCUT2D eigenvalue weighted by Gasteiger charge is 2.26. The van der Waals surface area contributed by atoms with Gasteiger partial charge in [-0.05, 0) is 43.7 Å². The molecule has 1 N–H and O–H groups in total. The van der Waals surface area contributed by atoms with Crippen LogP contribution in [0.4, 0.5) is 11.5 Å². The predicted octanol–water partition coefficient (Wildman–Crippen LogP) is 2.55. The van der Waals surface area contributed by atoms with Gasteiger partial charge in [-0.1, -0.05) is 12.1 Å². The minimum atomic E-state index is -0.203. The van der Waals surface area contributed by atoms with E-state index in [0.717, 1.165) is 43.2 Å². The first-order valence-electron chi connectivity index (χ1n) is 8.94. The molecule has 138 valence electrons. The Labute approximate surface area is 154 Å². The second-order valence-electron chi connectivity index (χ2n) is 6.58. The zero-order valence-electron chi connectivity index (χ0n) is 15.6. The van der Waals surface area contributed by atoms with Crippen LogP contribution in [0.25, 0.3) is 0 Å². The highest BCUT2D eigenvalue weighted by Crippen LogP contribution is 2.25. The zero-order chi connectivity index (χ0) is 18.5. The number of hydrogen-bond donors (Lipinski definition) is 1. The molecule has 1 aliphatic heterocycles. The molecule has 0 unspecified atom stereocenters. The van der Waals surface area contributed by atoms with Crippen molar-refractivity contribution >= 4 is 17.4 Å². The lowest BCUT2D eigenvalue weighted by molar-refractivity contribution is -0.120. The topological polar surface area (TPSA) is 57.7 Å². The van der Waals surface area contributed by atoms with E-state index in [2.05, 4.69) is 20.1 Å². The number of pyridine rings is 1. The fourth-order valence-corrected chi connectivity index (χ4v) is 3.20. The molecule has 2 aromatic rings. The number of rotatable bonds is 5. The maximum atomic E-state index is 12.7. The molecule has 0 bridgehead atoms. The van der Waals surface area contributed by atoms with Crippen molar-refractivity contribution in [3.63, 3.8) is 0 Å². The number of piperazine rings is 1. The van der Waals surface area contributed by atoms with Gasteiger partial charge in [0.2, 0.25) is 5.91 Å². The number of methoxy groups -OCH3 is 1. The van der Waals surface area contributed by atoms with Gasteiger partial charge in [0.25, 0.3) is 0 Å². The summed E-state index contributed by atoms with van der Waals surface area (Å²) in [6.07, 6.45) is 1.81. The Morgan fingerprint density at radius 1 is 1.19 bits per heavy atom. The van der Waals surface area contributed by atoms with Crippen LogP contribution in [-0.2, 0) is 4.79 Å². The van der Waals surface area contributed by atoms with Crippen LogP contribution in [0.2, 0.25) is 0 Å². The molecule has 1 amide bonds. The first-order valence-corrected chi connectivity index (χ1v) is 8.94. The number of benzene rings is 1. The summed E-state index contributed by atoms with van der Waals surface area (Å²) in [4.78, 5) is 21.6. The second kappa shape index (κ2) is 8.19. The van der Waals surface area contributed by atoms with E-state index in [-0.39, 0.29) is 11.9 Å². The highest BCUT2D eigenvalue weighted by atomic mass is 16.5. The molecule has 1 fully saturated rings. The van der Waals surface area contributed by atoms with Gasteiger partial charge in [0, 0.05) is 32.4 Å². The van der Waals surface area contributed by atoms with Gasteiger partial charge in [-0.15, -0.1) is 0 Å². The number of amides is 1. The molecule has 1 aromatic heterocycles. The van der Waals surface area contributed by atoms with E-state index < -0.39 is 0 Å². The van der Waals surface area contributed by atoms with Crippen LogP contribution in [0.1, 0.15) is 12.5 Å². The van der Waals surface area contributed by atoms with Gasteiger partial charge >= 0.3 is 0 Å². The van der Waals surface area contributed by atoms with E-state index in [1.54, 1.807) is 7.11 Å². The summed E-state index contributed by atoms with van der Waals surface area (Å²) in [5.41, 5.74) is 1.80. The smallest absolute Gasteiger partial charge is 0.241 e. The van der Waals surface area contributed by atoms with Crippen molar-refractivity contribution in [1.82, 2.24) is 9.88 Å². The number of ether oxygens (including phenoxy) is 1. The van der Waals surface area contributed by atoms with E-state index in [4.69, 9.17) is 4.74 Å². The van der Waals surface area contributed by atoms with Crippen molar-refractivity contribution in [3.8, 4) is 5.75 Å². The van der Waals surface area contributed by atoms with E-state index in [1.807, 2.05) is 56.4 Å². The van der Waals surface area contributed by atoms with Crippen LogP contribution in [0.3, 0.4) is 0 Å². The van der Waals surface area contributed by atoms with Gasteiger partial charge in [0.15, 0.2) is 0 Å². The number of hydrogen-bond acceptors (Lipinski definition) is 5. The van der Waals surface area contributed by atoms with Crippen LogP contribution in [0.15, 0.2) is 42.6 Å². The summed E-state index contributed by atoms with van der Waals surface area (Å²) in [6.45, 7) is 7.33. The molecule has 6 heteroatoms. The zero-order valence-corrected chi connectivity index (χ0v) is 15.6. The van der Waals surface area contributed by atoms with Gasteiger partial charge in [-0.2, -0.15) is 0 Å². The molecule has 1 saturated heterocycles. The largest absolute Gasteiger partial charge is 0.495 e. The molecule has 1 atom stereocenters. The van der Waals surface area contributed by atoms with Crippen molar-refractivity contribution in [2.75, 3.05) is 43.5 Å². The lowest BCUT2D eigenvalue weighted by atomic mass is 10.1. The van der Waals surface area contributed by atoms with Crippen molar-refractivity contribution < 1.29 is 9.53 Å². The van der Waals surface area contributed by atoms with Gasteiger partial charge in [0.1, 0.15) is 11.6 Å². The Balaban J connectivity index is 1.59. The summed E-state index contributed by atoms with van der Waals surface area (Å²) < 4.78 is 5.35. The minimum absolute atomic E-state index is 0.0137. The van der Waals surface area contributed by atoms with Crippen LogP contribution in [0, 0.1) is 6.92 Å². The summed E-state index contributed by atoms with van der Waals surface area (Å²) in [7, 11) is 1.61. The number of aryl methyl sites for hydroxylation is 1. The number of nitrogens with one attached hydrogen (secondary N) is 1. The normalized spacial score (nSPS) is 16.2. The minimum Gasteiger partial charge on any atom is -0.495 e. The molecule has 1 aliphatic rings. The van der Waals surface area contributed by atoms with Crippen LogP contribution in [-0.4, -0.2) is 55.1 Å². The molecule has 0 saturated carbocycles. The lowest BCUT2D eigenvalue weighted by Crippen LogP contribution is -2.53. The molecule has 3 rings (SSSR count). The molecule has 0 spiro atoms. The number of anilines is 2. The Hall–Kier alpha value is -2.60. The Morgan fingerprint density at radius 3 is 2.62 bits per heavy atom. The molecule has 2 heterocycles. The van der Waals surface area contributed by atoms with Gasteiger partial charge in [0.05, 0.1) is 18.8 Å². The predicted molar refractivity (Wildman–Crippen MR) is 104 cm³/mol. The maximum absolute atomic E-state index is 12.7. The van der Waals surface area contributed by atoms with Gasteiger partial charge in [-0.3, -0.25) is 9.69 Å². The van der Waals surface area contributed by atoms with Crippen LogP contribution >= 0.6 is 0 Å². The third-order valence-electron chi connectivity index (χ3n) is 4.83. The standard InChI is InChI=1S/C20H26N4O2/c1-15-7-8-18(26-3)17(14-15)22-20(25)16(2)23-10-12-24(13-11-23)19-6-4-5-9-21-19/h4-9,14,16H,10-13H2,1-3H3,(H,22,25)/t16-/m1/s1. The average Bonchev–Trinajstić information content (AvgIpc) is 2.68. The molecular weight excluding hydrogens is 328 g/mol. The number of nitrogens with zero attached hydrogens (tertiary/aromatic N) is 3. The average molecular weight is 354 g/mol. The number of aromatic nitrogens is 1. The second-order valence-corrected chi connectivity index (χ2v) is 6.58. The van der Waals surface area contributed by atoms with Crippen molar-refractivity contribution in [3.05, 3.63) is 48.2 Å². The summed E-state index contributed by atoms with van der Waals surface area (Å²) in [6, 6.07) is 11.5. The molecule has 6 nitrogen and oxygen atoms in total. The fraction of sp³-hybridized carbons (Fsp3) is 0.400. The first-order chi connectivity index (χ1) is 12.6. The monoisotopic (exact) mass is 354 g/mol. The maximum Gasteiger partial charge on any atom is 0.241 e. The third-order valence-corrected chi connectivity index (χ3v) is 4.83. The van der Waals surface area contributed by atoms with E-state index >= 15 is 0 Å². The van der Waals surface area contributed by atoms with Gasteiger partial charge in [-0.25, -0.2) is 4.98 Å². The van der Waals surface area contributed by atoms with Crippen molar-refractivity contribution in [2.24, 2.45) is 0 Å². The SMILES string of the molecule is COc1ccc(C)cc1NC(=O)[C@@H](C)N1CCN(c2ccccn2)CC1. The molecule has 0 radical (unpaired) electrons.